The van der Waals surface area contributed by atoms with Crippen LogP contribution in [0, 0.1) is 5.82 Å². The first-order valence-electron chi connectivity index (χ1n) is 8.00. The summed E-state index contributed by atoms with van der Waals surface area (Å²) in [5, 5.41) is 0.0300. The van der Waals surface area contributed by atoms with E-state index in [9.17, 15) is 17.6 Å². The number of rotatable bonds is 4. The summed E-state index contributed by atoms with van der Waals surface area (Å²) < 4.78 is 45.5. The summed E-state index contributed by atoms with van der Waals surface area (Å²) in [4.78, 5) is 11.6. The van der Waals surface area contributed by atoms with Crippen molar-refractivity contribution in [2.24, 2.45) is 0 Å². The molecule has 0 radical (unpaired) electrons. The van der Waals surface area contributed by atoms with Gasteiger partial charge in [0, 0.05) is 6.54 Å². The molecule has 1 heterocycles. The molecule has 0 aromatic heterocycles. The van der Waals surface area contributed by atoms with Crippen LogP contribution in [0.3, 0.4) is 0 Å². The highest BCUT2D eigenvalue weighted by Crippen LogP contribution is 2.38. The van der Waals surface area contributed by atoms with E-state index in [4.69, 9.17) is 11.6 Å². The Hall–Kier alpha value is -1.96. The maximum Gasteiger partial charge on any atom is 0.337 e. The summed E-state index contributed by atoms with van der Waals surface area (Å²) in [6, 6.07) is 9.38. The maximum absolute atomic E-state index is 13.2. The number of carbonyl (C=O) groups is 1. The van der Waals surface area contributed by atoms with Crippen LogP contribution in [0.25, 0.3) is 0 Å². The molecule has 3 rings (SSSR count). The zero-order valence-electron chi connectivity index (χ0n) is 14.0. The van der Waals surface area contributed by atoms with Gasteiger partial charge < -0.3 is 4.74 Å². The topological polar surface area (TPSA) is 63.7 Å². The van der Waals surface area contributed by atoms with Gasteiger partial charge in [-0.3, -0.25) is 0 Å². The molecular weight excluding hydrogens is 381 g/mol. The molecule has 0 aliphatic carbocycles. The summed E-state index contributed by atoms with van der Waals surface area (Å²) >= 11 is 6.11. The highest BCUT2D eigenvalue weighted by molar-refractivity contribution is 7.89. The van der Waals surface area contributed by atoms with Crippen LogP contribution >= 0.6 is 11.6 Å². The first-order chi connectivity index (χ1) is 12.3. The first kappa shape index (κ1) is 18.8. The number of methoxy groups -OCH3 is 1. The van der Waals surface area contributed by atoms with Gasteiger partial charge in [-0.15, -0.1) is 0 Å². The van der Waals surface area contributed by atoms with Crippen molar-refractivity contribution in [3.05, 3.63) is 64.4 Å². The van der Waals surface area contributed by atoms with E-state index in [1.807, 2.05) is 0 Å². The van der Waals surface area contributed by atoms with E-state index in [0.717, 1.165) is 0 Å². The standard InChI is InChI=1S/C18H17ClFNO4S/c1-25-18(22)13-6-9-15(19)17(11-13)26(23,24)21-10-2-3-16(21)12-4-7-14(20)8-5-12/h4-9,11,16H,2-3,10H2,1H3. The lowest BCUT2D eigenvalue weighted by molar-refractivity contribution is 0.0600. The molecule has 1 unspecified atom stereocenters. The molecule has 1 atom stereocenters. The van der Waals surface area contributed by atoms with Crippen LogP contribution in [-0.2, 0) is 14.8 Å². The Morgan fingerprint density at radius 2 is 1.92 bits per heavy atom. The average Bonchev–Trinajstić information content (AvgIpc) is 3.12. The minimum Gasteiger partial charge on any atom is -0.465 e. The Kier molecular flexibility index (Phi) is 5.32. The van der Waals surface area contributed by atoms with Gasteiger partial charge in [-0.05, 0) is 48.7 Å². The first-order valence-corrected chi connectivity index (χ1v) is 9.81. The molecule has 1 fully saturated rings. The molecule has 1 saturated heterocycles. The van der Waals surface area contributed by atoms with Gasteiger partial charge in [-0.25, -0.2) is 17.6 Å². The van der Waals surface area contributed by atoms with Gasteiger partial charge in [0.2, 0.25) is 10.0 Å². The monoisotopic (exact) mass is 397 g/mol. The Bertz CT molecular complexity index is 931. The van der Waals surface area contributed by atoms with Gasteiger partial charge in [0.25, 0.3) is 0 Å². The lowest BCUT2D eigenvalue weighted by Gasteiger charge is -2.25. The van der Waals surface area contributed by atoms with Gasteiger partial charge in [-0.1, -0.05) is 23.7 Å². The zero-order valence-corrected chi connectivity index (χ0v) is 15.6. The lowest BCUT2D eigenvalue weighted by Crippen LogP contribution is -2.31. The fourth-order valence-corrected chi connectivity index (χ4v) is 5.30. The molecule has 1 aliphatic heterocycles. The highest BCUT2D eigenvalue weighted by atomic mass is 35.5. The minimum absolute atomic E-state index is 0.0300. The van der Waals surface area contributed by atoms with Crippen molar-refractivity contribution >= 4 is 27.6 Å². The zero-order chi connectivity index (χ0) is 18.9. The molecule has 0 spiro atoms. The molecule has 0 saturated carbocycles. The molecule has 2 aromatic rings. The van der Waals surface area contributed by atoms with Crippen LogP contribution in [-0.4, -0.2) is 32.3 Å². The summed E-state index contributed by atoms with van der Waals surface area (Å²) in [5.41, 5.74) is 0.820. The molecule has 1 aliphatic rings. The Morgan fingerprint density at radius 1 is 1.23 bits per heavy atom. The third kappa shape index (κ3) is 3.47. The molecule has 2 aromatic carbocycles. The van der Waals surface area contributed by atoms with Crippen LogP contribution in [0.15, 0.2) is 47.4 Å². The number of benzene rings is 2. The maximum atomic E-state index is 13.2. The third-order valence-corrected chi connectivity index (χ3v) is 6.79. The second kappa shape index (κ2) is 7.34. The van der Waals surface area contributed by atoms with Gasteiger partial charge in [0.1, 0.15) is 10.7 Å². The fraction of sp³-hybridized carbons (Fsp3) is 0.278. The number of hydrogen-bond acceptors (Lipinski definition) is 4. The molecule has 8 heteroatoms. The van der Waals surface area contributed by atoms with Crippen LogP contribution in [0.2, 0.25) is 5.02 Å². The van der Waals surface area contributed by atoms with Gasteiger partial charge >= 0.3 is 5.97 Å². The SMILES string of the molecule is COC(=O)c1ccc(Cl)c(S(=O)(=O)N2CCCC2c2ccc(F)cc2)c1. The van der Waals surface area contributed by atoms with Crippen LogP contribution in [0.1, 0.15) is 34.8 Å². The molecule has 0 bridgehead atoms. The van der Waals surface area contributed by atoms with E-state index in [-0.39, 0.29) is 21.3 Å². The van der Waals surface area contributed by atoms with Crippen molar-refractivity contribution in [2.45, 2.75) is 23.8 Å². The third-order valence-electron chi connectivity index (χ3n) is 4.40. The highest BCUT2D eigenvalue weighted by Gasteiger charge is 2.37. The smallest absolute Gasteiger partial charge is 0.337 e. The van der Waals surface area contributed by atoms with E-state index < -0.39 is 22.0 Å². The average molecular weight is 398 g/mol. The second-order valence-corrected chi connectivity index (χ2v) is 8.23. The largest absolute Gasteiger partial charge is 0.465 e. The van der Waals surface area contributed by atoms with E-state index in [1.165, 1.54) is 41.7 Å². The number of esters is 1. The van der Waals surface area contributed by atoms with Crippen molar-refractivity contribution in [2.75, 3.05) is 13.7 Å². The summed E-state index contributed by atoms with van der Waals surface area (Å²) in [6.07, 6.45) is 1.30. The molecule has 0 N–H and O–H groups in total. The van der Waals surface area contributed by atoms with E-state index in [2.05, 4.69) is 4.74 Å². The Balaban J connectivity index is 2.01. The number of carbonyl (C=O) groups excluding carboxylic acids is 1. The van der Waals surface area contributed by atoms with Gasteiger partial charge in [-0.2, -0.15) is 4.31 Å². The van der Waals surface area contributed by atoms with E-state index in [1.54, 1.807) is 12.1 Å². The summed E-state index contributed by atoms with van der Waals surface area (Å²) in [6.45, 7) is 0.323. The molecule has 0 amide bonds. The van der Waals surface area contributed by atoms with Crippen molar-refractivity contribution in [1.29, 1.82) is 0 Å². The van der Waals surface area contributed by atoms with Gasteiger partial charge in [0.05, 0.1) is 23.7 Å². The molecule has 138 valence electrons. The fourth-order valence-electron chi connectivity index (χ4n) is 3.12. The van der Waals surface area contributed by atoms with Crippen LogP contribution < -0.4 is 0 Å². The summed E-state index contributed by atoms with van der Waals surface area (Å²) in [5.74, 6) is -1.02. The van der Waals surface area contributed by atoms with Crippen LogP contribution in [0.4, 0.5) is 4.39 Å². The number of sulfonamides is 1. The number of nitrogens with zero attached hydrogens (tertiary/aromatic N) is 1. The molecule has 26 heavy (non-hydrogen) atoms. The second-order valence-electron chi connectivity index (χ2n) is 5.96. The Labute approximate surface area is 156 Å². The lowest BCUT2D eigenvalue weighted by atomic mass is 10.1. The Morgan fingerprint density at radius 3 is 2.58 bits per heavy atom. The number of ether oxygens (including phenoxy) is 1. The predicted octanol–water partition coefficient (Wildman–Crippen LogP) is 3.79. The molecule has 5 nitrogen and oxygen atoms in total. The van der Waals surface area contributed by atoms with Crippen molar-refractivity contribution in [3.8, 4) is 0 Å². The van der Waals surface area contributed by atoms with Crippen LogP contribution in [0.5, 0.6) is 0 Å². The van der Waals surface area contributed by atoms with Crippen molar-refractivity contribution in [3.63, 3.8) is 0 Å². The number of hydrogen-bond donors (Lipinski definition) is 0. The summed E-state index contributed by atoms with van der Waals surface area (Å²) in [7, 11) is -2.72. The normalized spacial score (nSPS) is 18.0. The number of halogens is 2. The quantitative estimate of drug-likeness (QED) is 0.736. The van der Waals surface area contributed by atoms with Gasteiger partial charge in [0.15, 0.2) is 0 Å². The molecular formula is C18H17ClFNO4S. The van der Waals surface area contributed by atoms with E-state index >= 15 is 0 Å². The predicted molar refractivity (Wildman–Crippen MR) is 95.1 cm³/mol. The van der Waals surface area contributed by atoms with Crippen molar-refractivity contribution < 1.29 is 22.3 Å². The van der Waals surface area contributed by atoms with E-state index in [0.29, 0.717) is 24.9 Å². The van der Waals surface area contributed by atoms with Crippen molar-refractivity contribution in [1.82, 2.24) is 4.31 Å². The minimum atomic E-state index is -3.94.